The van der Waals surface area contributed by atoms with Gasteiger partial charge in [0, 0.05) is 36.6 Å². The Bertz CT molecular complexity index is 1480. The number of cyclic esters (lactones) is 1. The van der Waals surface area contributed by atoms with Crippen LogP contribution in [-0.4, -0.2) is 70.9 Å². The van der Waals surface area contributed by atoms with Crippen molar-refractivity contribution in [2.24, 2.45) is 0 Å². The molecule has 0 unspecified atom stereocenters. The number of hydrogen-bond acceptors (Lipinski definition) is 10. The maximum atomic E-state index is 12.9. The molecule has 5 heterocycles. The molecule has 1 N–H and O–H groups in total. The van der Waals surface area contributed by atoms with Crippen molar-refractivity contribution in [1.29, 1.82) is 5.26 Å². The van der Waals surface area contributed by atoms with Crippen molar-refractivity contribution in [3.05, 3.63) is 53.5 Å². The molecule has 1 atom stereocenters. The summed E-state index contributed by atoms with van der Waals surface area (Å²) in [6.45, 7) is 9.87. The molecule has 2 amide bonds. The van der Waals surface area contributed by atoms with Crippen molar-refractivity contribution in [2.75, 3.05) is 48.0 Å². The number of nitrogens with one attached hydrogen (secondary N) is 1. The maximum Gasteiger partial charge on any atom is 0.417 e. The van der Waals surface area contributed by atoms with E-state index >= 15 is 0 Å². The molecule has 2 aliphatic heterocycles. The van der Waals surface area contributed by atoms with E-state index in [0.29, 0.717) is 60.5 Å². The number of hydrogen-bond donors (Lipinski definition) is 1. The van der Waals surface area contributed by atoms with Gasteiger partial charge in [-0.25, -0.2) is 19.7 Å². The minimum atomic E-state index is -1.04. The lowest BCUT2D eigenvalue weighted by Crippen LogP contribution is -2.38. The van der Waals surface area contributed by atoms with Gasteiger partial charge in [0.05, 0.1) is 53.5 Å². The molecule has 2 saturated heterocycles. The summed E-state index contributed by atoms with van der Waals surface area (Å²) >= 11 is 0. The molecule has 206 valence electrons. The lowest BCUT2D eigenvalue weighted by Gasteiger charge is -2.30. The van der Waals surface area contributed by atoms with Gasteiger partial charge in [-0.3, -0.25) is 9.78 Å². The van der Waals surface area contributed by atoms with Crippen LogP contribution in [0.3, 0.4) is 0 Å². The molecule has 3 aromatic heterocycles. The Balaban J connectivity index is 1.63. The molecule has 0 bridgehead atoms. The number of ether oxygens (including phenoxy) is 2. The second kappa shape index (κ2) is 10.9. The molecular weight excluding hydrogens is 512 g/mol. The smallest absolute Gasteiger partial charge is 0.417 e. The second-order valence-corrected chi connectivity index (χ2v) is 10.2. The molecule has 5 rings (SSSR count). The van der Waals surface area contributed by atoms with E-state index in [4.69, 9.17) is 24.4 Å². The van der Waals surface area contributed by atoms with E-state index in [-0.39, 0.29) is 24.5 Å². The zero-order chi connectivity index (χ0) is 28.4. The van der Waals surface area contributed by atoms with Crippen LogP contribution in [0.15, 0.2) is 36.7 Å². The Morgan fingerprint density at radius 1 is 1.12 bits per heavy atom. The summed E-state index contributed by atoms with van der Waals surface area (Å²) in [5.41, 5.74) is 1.95. The van der Waals surface area contributed by atoms with Gasteiger partial charge in [-0.1, -0.05) is 0 Å². The molecular formula is C28H30N8O4. The van der Waals surface area contributed by atoms with E-state index in [1.807, 2.05) is 13.8 Å². The van der Waals surface area contributed by atoms with Gasteiger partial charge < -0.3 is 19.7 Å². The van der Waals surface area contributed by atoms with Crippen LogP contribution >= 0.6 is 0 Å². The summed E-state index contributed by atoms with van der Waals surface area (Å²) in [7, 11) is 0. The summed E-state index contributed by atoms with van der Waals surface area (Å²) in [4.78, 5) is 47.4. The van der Waals surface area contributed by atoms with Gasteiger partial charge >= 0.3 is 6.09 Å². The monoisotopic (exact) mass is 542 g/mol. The highest BCUT2D eigenvalue weighted by Gasteiger charge is 2.35. The third kappa shape index (κ3) is 5.15. The van der Waals surface area contributed by atoms with Crippen molar-refractivity contribution >= 4 is 29.5 Å². The maximum absolute atomic E-state index is 12.9. The van der Waals surface area contributed by atoms with Crippen molar-refractivity contribution in [3.8, 4) is 17.5 Å². The minimum Gasteiger partial charge on any atom is -0.447 e. The van der Waals surface area contributed by atoms with Gasteiger partial charge in [0.1, 0.15) is 12.4 Å². The zero-order valence-corrected chi connectivity index (χ0v) is 22.8. The highest BCUT2D eigenvalue weighted by molar-refractivity contribution is 6.04. The fourth-order valence-electron chi connectivity index (χ4n) is 4.65. The number of amides is 2. The van der Waals surface area contributed by atoms with Crippen LogP contribution in [0, 0.1) is 18.3 Å². The van der Waals surface area contributed by atoms with Crippen LogP contribution < -0.4 is 15.1 Å². The number of nitriles is 1. The topological polar surface area (TPSA) is 146 Å². The molecule has 2 fully saturated rings. The lowest BCUT2D eigenvalue weighted by atomic mass is 9.89. The lowest BCUT2D eigenvalue weighted by molar-refractivity contribution is 0.102. The average Bonchev–Trinajstić information content (AvgIpc) is 3.31. The van der Waals surface area contributed by atoms with Crippen LogP contribution in [0.25, 0.3) is 11.4 Å². The number of pyridine rings is 2. The first-order valence-electron chi connectivity index (χ1n) is 13.0. The third-order valence-corrected chi connectivity index (χ3v) is 6.92. The summed E-state index contributed by atoms with van der Waals surface area (Å²) in [5, 5.41) is 12.9. The fraction of sp³-hybridized carbons (Fsp3) is 0.393. The SMILES string of the molecule is Cc1c(-c2ccc(NC(=O)c3ccncc3)c(C(C)(C)C#N)n2)nc(N2C(=O)OC[C@@H]2C)nc1N1CCOCC1. The van der Waals surface area contributed by atoms with Crippen LogP contribution in [0.5, 0.6) is 0 Å². The first-order valence-corrected chi connectivity index (χ1v) is 13.0. The standard InChI is InChI=1S/C28H30N8O4/c1-17-15-40-27(38)36(17)26-33-22(18(2)24(34-26)35-11-13-39-14-12-35)20-5-6-21(23(31-20)28(3,4)16-29)32-25(37)19-7-9-30-10-8-19/h5-10,17H,11-15H2,1-4H3,(H,32,37)/t17-/m0/s1. The Morgan fingerprint density at radius 3 is 2.50 bits per heavy atom. The van der Waals surface area contributed by atoms with E-state index < -0.39 is 11.5 Å². The van der Waals surface area contributed by atoms with Crippen LogP contribution in [0.1, 0.15) is 42.4 Å². The number of nitrogens with zero attached hydrogens (tertiary/aromatic N) is 7. The van der Waals surface area contributed by atoms with Gasteiger partial charge in [-0.05, 0) is 52.0 Å². The number of rotatable bonds is 6. The van der Waals surface area contributed by atoms with Gasteiger partial charge in [0.25, 0.3) is 5.91 Å². The quantitative estimate of drug-likeness (QED) is 0.491. The predicted molar refractivity (Wildman–Crippen MR) is 147 cm³/mol. The Morgan fingerprint density at radius 2 is 1.85 bits per heavy atom. The fourth-order valence-corrected chi connectivity index (χ4v) is 4.65. The van der Waals surface area contributed by atoms with Gasteiger partial charge in [0.2, 0.25) is 5.95 Å². The van der Waals surface area contributed by atoms with E-state index in [2.05, 4.69) is 21.3 Å². The molecule has 12 nitrogen and oxygen atoms in total. The molecule has 0 spiro atoms. The van der Waals surface area contributed by atoms with E-state index in [1.165, 1.54) is 17.3 Å². The van der Waals surface area contributed by atoms with Crippen molar-refractivity contribution in [2.45, 2.75) is 39.2 Å². The molecule has 0 aliphatic carbocycles. The third-order valence-electron chi connectivity index (χ3n) is 6.92. The first kappa shape index (κ1) is 27.0. The van der Waals surface area contributed by atoms with Crippen molar-refractivity contribution in [3.63, 3.8) is 0 Å². The van der Waals surface area contributed by atoms with E-state index in [1.54, 1.807) is 38.1 Å². The molecule has 0 saturated carbocycles. The van der Waals surface area contributed by atoms with Crippen LogP contribution in [-0.2, 0) is 14.9 Å². The summed E-state index contributed by atoms with van der Waals surface area (Å²) in [5.74, 6) is 0.548. The van der Waals surface area contributed by atoms with Crippen LogP contribution in [0.4, 0.5) is 22.2 Å². The van der Waals surface area contributed by atoms with E-state index in [9.17, 15) is 14.9 Å². The number of morpholine rings is 1. The highest BCUT2D eigenvalue weighted by atomic mass is 16.6. The van der Waals surface area contributed by atoms with E-state index in [0.717, 1.165) is 5.56 Å². The van der Waals surface area contributed by atoms with Crippen molar-refractivity contribution < 1.29 is 19.1 Å². The Hall–Kier alpha value is -4.63. The molecule has 2 aliphatic rings. The normalized spacial score (nSPS) is 17.4. The number of aromatic nitrogens is 4. The van der Waals surface area contributed by atoms with Gasteiger partial charge in [0.15, 0.2) is 0 Å². The number of carbonyl (C=O) groups is 2. The second-order valence-electron chi connectivity index (χ2n) is 10.2. The predicted octanol–water partition coefficient (Wildman–Crippen LogP) is 3.48. The Kier molecular flexibility index (Phi) is 7.32. The van der Waals surface area contributed by atoms with Gasteiger partial charge in [-0.2, -0.15) is 10.2 Å². The number of anilines is 3. The summed E-state index contributed by atoms with van der Waals surface area (Å²) in [6.07, 6.45) is 2.56. The van der Waals surface area contributed by atoms with Crippen LogP contribution in [0.2, 0.25) is 0 Å². The minimum absolute atomic E-state index is 0.218. The summed E-state index contributed by atoms with van der Waals surface area (Å²) < 4.78 is 10.8. The number of carbonyl (C=O) groups excluding carboxylic acids is 2. The van der Waals surface area contributed by atoms with Gasteiger partial charge in [-0.15, -0.1) is 0 Å². The zero-order valence-electron chi connectivity index (χ0n) is 22.8. The molecule has 12 heteroatoms. The molecule has 0 aromatic carbocycles. The largest absolute Gasteiger partial charge is 0.447 e. The first-order chi connectivity index (χ1) is 19.2. The average molecular weight is 543 g/mol. The molecule has 0 radical (unpaired) electrons. The molecule has 40 heavy (non-hydrogen) atoms. The van der Waals surface area contributed by atoms with Crippen molar-refractivity contribution in [1.82, 2.24) is 19.9 Å². The highest BCUT2D eigenvalue weighted by Crippen LogP contribution is 2.35. The Labute approximate surface area is 232 Å². The summed E-state index contributed by atoms with van der Waals surface area (Å²) in [6, 6.07) is 8.72. The molecule has 3 aromatic rings.